The summed E-state index contributed by atoms with van der Waals surface area (Å²) in [4.78, 5) is 6.41. The van der Waals surface area contributed by atoms with Gasteiger partial charge in [0.15, 0.2) is 0 Å². The standard InChI is InChI=1S/C13H22N2O2/c1-4-13(16)12-7-6-11(10-14-12)15(2)8-5-9-17-3/h6-7,10,13,16H,4-5,8-9H2,1-3H3/t13-/m1/s1. The zero-order valence-electron chi connectivity index (χ0n) is 10.9. The molecule has 4 heteroatoms. The molecule has 0 spiro atoms. The zero-order valence-corrected chi connectivity index (χ0v) is 10.9. The van der Waals surface area contributed by atoms with Gasteiger partial charge in [0.1, 0.15) is 0 Å². The Bertz CT molecular complexity index is 314. The van der Waals surface area contributed by atoms with Crippen molar-refractivity contribution in [3.63, 3.8) is 0 Å². The van der Waals surface area contributed by atoms with Crippen molar-refractivity contribution in [3.8, 4) is 0 Å². The van der Waals surface area contributed by atoms with E-state index in [1.165, 1.54) is 0 Å². The molecule has 0 aromatic carbocycles. The molecule has 0 fully saturated rings. The summed E-state index contributed by atoms with van der Waals surface area (Å²) in [5, 5.41) is 9.64. The fourth-order valence-electron chi connectivity index (χ4n) is 1.60. The van der Waals surface area contributed by atoms with Gasteiger partial charge in [0.05, 0.1) is 23.7 Å². The van der Waals surface area contributed by atoms with Crippen LogP contribution in [0.5, 0.6) is 0 Å². The second kappa shape index (κ2) is 7.25. The molecule has 0 unspecified atom stereocenters. The highest BCUT2D eigenvalue weighted by Crippen LogP contribution is 2.17. The topological polar surface area (TPSA) is 45.6 Å². The van der Waals surface area contributed by atoms with Gasteiger partial charge in [-0.1, -0.05) is 6.92 Å². The number of nitrogens with zero attached hydrogens (tertiary/aromatic N) is 2. The Kier molecular flexibility index (Phi) is 5.94. The third kappa shape index (κ3) is 4.32. The average Bonchev–Trinajstić information content (AvgIpc) is 2.38. The molecule has 1 heterocycles. The quantitative estimate of drug-likeness (QED) is 0.738. The second-order valence-electron chi connectivity index (χ2n) is 4.13. The average molecular weight is 238 g/mol. The van der Waals surface area contributed by atoms with E-state index in [2.05, 4.69) is 9.88 Å². The van der Waals surface area contributed by atoms with Crippen LogP contribution in [0.15, 0.2) is 18.3 Å². The molecule has 17 heavy (non-hydrogen) atoms. The lowest BCUT2D eigenvalue weighted by Gasteiger charge is -2.19. The molecular weight excluding hydrogens is 216 g/mol. The first-order valence-corrected chi connectivity index (χ1v) is 6.03. The number of anilines is 1. The highest BCUT2D eigenvalue weighted by atomic mass is 16.5. The molecule has 0 radical (unpaired) electrons. The molecule has 4 nitrogen and oxygen atoms in total. The van der Waals surface area contributed by atoms with Crippen molar-refractivity contribution in [2.45, 2.75) is 25.9 Å². The van der Waals surface area contributed by atoms with Crippen LogP contribution in [0.25, 0.3) is 0 Å². The van der Waals surface area contributed by atoms with Crippen molar-refractivity contribution >= 4 is 5.69 Å². The Balaban J connectivity index is 2.54. The summed E-state index contributed by atoms with van der Waals surface area (Å²) < 4.78 is 5.02. The lowest BCUT2D eigenvalue weighted by atomic mass is 10.2. The van der Waals surface area contributed by atoms with Gasteiger partial charge < -0.3 is 14.7 Å². The third-order valence-electron chi connectivity index (χ3n) is 2.78. The summed E-state index contributed by atoms with van der Waals surface area (Å²) in [7, 11) is 3.74. The Labute approximate surface area is 103 Å². The zero-order chi connectivity index (χ0) is 12.7. The molecule has 0 amide bonds. The number of hydrogen-bond acceptors (Lipinski definition) is 4. The van der Waals surface area contributed by atoms with Crippen LogP contribution >= 0.6 is 0 Å². The smallest absolute Gasteiger partial charge is 0.0957 e. The highest BCUT2D eigenvalue weighted by molar-refractivity contribution is 5.43. The van der Waals surface area contributed by atoms with Crippen molar-refractivity contribution < 1.29 is 9.84 Å². The summed E-state index contributed by atoms with van der Waals surface area (Å²) in [6, 6.07) is 3.88. The molecule has 1 atom stereocenters. The fourth-order valence-corrected chi connectivity index (χ4v) is 1.60. The van der Waals surface area contributed by atoms with Gasteiger partial charge in [-0.05, 0) is 25.0 Å². The fraction of sp³-hybridized carbons (Fsp3) is 0.615. The van der Waals surface area contributed by atoms with Crippen LogP contribution in [0, 0.1) is 0 Å². The third-order valence-corrected chi connectivity index (χ3v) is 2.78. The first-order valence-electron chi connectivity index (χ1n) is 6.03. The summed E-state index contributed by atoms with van der Waals surface area (Å²) in [6.07, 6.45) is 3.03. The van der Waals surface area contributed by atoms with Crippen molar-refractivity contribution in [2.24, 2.45) is 0 Å². The SMILES string of the molecule is CC[C@@H](O)c1ccc(N(C)CCCOC)cn1. The lowest BCUT2D eigenvalue weighted by Crippen LogP contribution is -2.20. The van der Waals surface area contributed by atoms with E-state index in [0.717, 1.165) is 31.0 Å². The second-order valence-corrected chi connectivity index (χ2v) is 4.13. The molecule has 0 saturated carbocycles. The summed E-state index contributed by atoms with van der Waals surface area (Å²) in [5.74, 6) is 0. The maximum absolute atomic E-state index is 9.64. The first-order chi connectivity index (χ1) is 8.19. The molecule has 0 saturated heterocycles. The molecule has 0 bridgehead atoms. The Morgan fingerprint density at radius 1 is 1.47 bits per heavy atom. The Hall–Kier alpha value is -1.13. The monoisotopic (exact) mass is 238 g/mol. The van der Waals surface area contributed by atoms with Gasteiger partial charge in [-0.2, -0.15) is 0 Å². The minimum absolute atomic E-state index is 0.456. The van der Waals surface area contributed by atoms with E-state index in [4.69, 9.17) is 4.74 Å². The molecule has 0 aliphatic rings. The largest absolute Gasteiger partial charge is 0.387 e. The van der Waals surface area contributed by atoms with Crippen molar-refractivity contribution in [1.82, 2.24) is 4.98 Å². The minimum Gasteiger partial charge on any atom is -0.387 e. The molecule has 1 aromatic rings. The maximum Gasteiger partial charge on any atom is 0.0957 e. The summed E-state index contributed by atoms with van der Waals surface area (Å²) >= 11 is 0. The molecule has 1 aromatic heterocycles. The van der Waals surface area contributed by atoms with Gasteiger partial charge in [0, 0.05) is 27.3 Å². The highest BCUT2D eigenvalue weighted by Gasteiger charge is 2.07. The van der Waals surface area contributed by atoms with E-state index in [9.17, 15) is 5.11 Å². The predicted octanol–water partition coefficient (Wildman–Crippen LogP) is 2.00. The van der Waals surface area contributed by atoms with Crippen molar-refractivity contribution in [3.05, 3.63) is 24.0 Å². The number of aliphatic hydroxyl groups is 1. The van der Waals surface area contributed by atoms with E-state index in [0.29, 0.717) is 6.42 Å². The van der Waals surface area contributed by atoms with E-state index in [1.807, 2.05) is 26.1 Å². The molecule has 1 N–H and O–H groups in total. The normalized spacial score (nSPS) is 12.5. The number of aromatic nitrogens is 1. The predicted molar refractivity (Wildman–Crippen MR) is 69.3 cm³/mol. The van der Waals surface area contributed by atoms with E-state index < -0.39 is 6.10 Å². The minimum atomic E-state index is -0.456. The maximum atomic E-state index is 9.64. The summed E-state index contributed by atoms with van der Waals surface area (Å²) in [5.41, 5.74) is 1.80. The van der Waals surface area contributed by atoms with Crippen LogP contribution in [-0.2, 0) is 4.74 Å². The van der Waals surface area contributed by atoms with Crippen LogP contribution < -0.4 is 4.90 Å². The Morgan fingerprint density at radius 3 is 2.76 bits per heavy atom. The molecular formula is C13H22N2O2. The number of pyridine rings is 1. The first kappa shape index (κ1) is 13.9. The van der Waals surface area contributed by atoms with Gasteiger partial charge in [0.2, 0.25) is 0 Å². The number of hydrogen-bond donors (Lipinski definition) is 1. The van der Waals surface area contributed by atoms with Gasteiger partial charge in [-0.15, -0.1) is 0 Å². The number of ether oxygens (including phenoxy) is 1. The van der Waals surface area contributed by atoms with E-state index in [-0.39, 0.29) is 0 Å². The van der Waals surface area contributed by atoms with Crippen LogP contribution in [0.2, 0.25) is 0 Å². The van der Waals surface area contributed by atoms with Crippen LogP contribution in [0.1, 0.15) is 31.6 Å². The van der Waals surface area contributed by atoms with E-state index in [1.54, 1.807) is 13.3 Å². The van der Waals surface area contributed by atoms with Gasteiger partial charge in [-0.25, -0.2) is 0 Å². The Morgan fingerprint density at radius 2 is 2.24 bits per heavy atom. The lowest BCUT2D eigenvalue weighted by molar-refractivity contribution is 0.169. The molecule has 96 valence electrons. The van der Waals surface area contributed by atoms with Crippen LogP contribution in [0.3, 0.4) is 0 Å². The van der Waals surface area contributed by atoms with Crippen molar-refractivity contribution in [1.29, 1.82) is 0 Å². The van der Waals surface area contributed by atoms with Crippen LogP contribution in [-0.4, -0.2) is 37.4 Å². The molecule has 1 rings (SSSR count). The molecule has 0 aliphatic heterocycles. The summed E-state index contributed by atoms with van der Waals surface area (Å²) in [6.45, 7) is 3.65. The molecule has 0 aliphatic carbocycles. The van der Waals surface area contributed by atoms with Crippen molar-refractivity contribution in [2.75, 3.05) is 32.2 Å². The van der Waals surface area contributed by atoms with E-state index >= 15 is 0 Å². The number of rotatable bonds is 7. The van der Waals surface area contributed by atoms with Gasteiger partial charge >= 0.3 is 0 Å². The van der Waals surface area contributed by atoms with Gasteiger partial charge in [-0.3, -0.25) is 4.98 Å². The van der Waals surface area contributed by atoms with Crippen LogP contribution in [0.4, 0.5) is 5.69 Å². The number of methoxy groups -OCH3 is 1. The number of aliphatic hydroxyl groups excluding tert-OH is 1. The van der Waals surface area contributed by atoms with Gasteiger partial charge in [0.25, 0.3) is 0 Å².